The van der Waals surface area contributed by atoms with E-state index < -0.39 is 0 Å². The maximum absolute atomic E-state index is 13.2. The first-order chi connectivity index (χ1) is 8.68. The van der Waals surface area contributed by atoms with Crippen molar-refractivity contribution in [3.63, 3.8) is 0 Å². The molecule has 0 aliphatic heterocycles. The quantitative estimate of drug-likeness (QED) is 0.903. The number of aryl methyl sites for hydroxylation is 1. The summed E-state index contributed by atoms with van der Waals surface area (Å²) in [5.41, 5.74) is 8.21. The molecular formula is C16H27FN2. The van der Waals surface area contributed by atoms with E-state index in [4.69, 9.17) is 5.73 Å². The summed E-state index contributed by atoms with van der Waals surface area (Å²) in [6.45, 7) is 11.3. The summed E-state index contributed by atoms with van der Waals surface area (Å²) >= 11 is 0. The molecule has 2 N–H and O–H groups in total. The molecule has 0 heterocycles. The van der Waals surface area contributed by atoms with Crippen molar-refractivity contribution in [3.8, 4) is 0 Å². The molecule has 0 aliphatic rings. The molecule has 0 bridgehead atoms. The lowest BCUT2D eigenvalue weighted by molar-refractivity contribution is 0.0998. The maximum atomic E-state index is 13.2. The van der Waals surface area contributed by atoms with Crippen molar-refractivity contribution in [1.82, 2.24) is 4.90 Å². The van der Waals surface area contributed by atoms with Crippen LogP contribution in [0.1, 0.15) is 44.9 Å². The Balaban J connectivity index is 3.06. The normalized spacial score (nSPS) is 15.6. The molecule has 0 radical (unpaired) electrons. The predicted molar refractivity (Wildman–Crippen MR) is 79.6 cm³/mol. The highest BCUT2D eigenvalue weighted by molar-refractivity contribution is 5.30. The third kappa shape index (κ3) is 3.77. The largest absolute Gasteiger partial charge is 0.329 e. The van der Waals surface area contributed by atoms with Crippen LogP contribution < -0.4 is 5.73 Å². The van der Waals surface area contributed by atoms with Gasteiger partial charge in [0.15, 0.2) is 0 Å². The van der Waals surface area contributed by atoms with E-state index in [0.717, 1.165) is 11.1 Å². The smallest absolute Gasteiger partial charge is 0.123 e. The van der Waals surface area contributed by atoms with Crippen LogP contribution in [0.4, 0.5) is 4.39 Å². The van der Waals surface area contributed by atoms with E-state index in [1.54, 1.807) is 6.07 Å². The van der Waals surface area contributed by atoms with E-state index in [-0.39, 0.29) is 17.3 Å². The zero-order valence-corrected chi connectivity index (χ0v) is 13.0. The lowest BCUT2D eigenvalue weighted by Gasteiger charge is -2.40. The molecule has 2 unspecified atom stereocenters. The Morgan fingerprint density at radius 3 is 2.32 bits per heavy atom. The average molecular weight is 266 g/mol. The molecular weight excluding hydrogens is 239 g/mol. The Morgan fingerprint density at radius 2 is 1.89 bits per heavy atom. The van der Waals surface area contributed by atoms with E-state index in [2.05, 4.69) is 39.6 Å². The number of nitrogens with zero attached hydrogens (tertiary/aromatic N) is 1. The Bertz CT molecular complexity index is 423. The van der Waals surface area contributed by atoms with Crippen molar-refractivity contribution in [2.24, 2.45) is 11.1 Å². The third-order valence-corrected chi connectivity index (χ3v) is 4.17. The first kappa shape index (κ1) is 16.1. The Hall–Kier alpha value is -0.930. The van der Waals surface area contributed by atoms with Gasteiger partial charge in [0.25, 0.3) is 0 Å². The Kier molecular flexibility index (Phi) is 5.11. The minimum Gasteiger partial charge on any atom is -0.329 e. The van der Waals surface area contributed by atoms with Gasteiger partial charge in [-0.15, -0.1) is 0 Å². The van der Waals surface area contributed by atoms with Crippen LogP contribution in [0.3, 0.4) is 0 Å². The molecule has 0 spiro atoms. The van der Waals surface area contributed by atoms with Gasteiger partial charge < -0.3 is 5.73 Å². The number of nitrogens with two attached hydrogens (primary N) is 1. The van der Waals surface area contributed by atoms with Crippen molar-refractivity contribution >= 4 is 0 Å². The standard InChI is InChI=1S/C16H27FN2/c1-11-9-13(17)7-8-14(11)15(10-18)19(6)12(2)16(3,4)5/h7-9,12,15H,10,18H2,1-6H3. The van der Waals surface area contributed by atoms with Gasteiger partial charge in [0.1, 0.15) is 5.82 Å². The first-order valence-corrected chi connectivity index (χ1v) is 6.86. The summed E-state index contributed by atoms with van der Waals surface area (Å²) in [6, 6.07) is 5.45. The summed E-state index contributed by atoms with van der Waals surface area (Å²) < 4.78 is 13.2. The number of hydrogen-bond acceptors (Lipinski definition) is 2. The van der Waals surface area contributed by atoms with Gasteiger partial charge in [0.05, 0.1) is 0 Å². The summed E-state index contributed by atoms with van der Waals surface area (Å²) in [5, 5.41) is 0. The minimum atomic E-state index is -0.191. The maximum Gasteiger partial charge on any atom is 0.123 e. The molecule has 0 saturated heterocycles. The highest BCUT2D eigenvalue weighted by atomic mass is 19.1. The molecule has 1 aromatic rings. The molecule has 0 fully saturated rings. The molecule has 0 saturated carbocycles. The predicted octanol–water partition coefficient (Wildman–Crippen LogP) is 3.50. The lowest BCUT2D eigenvalue weighted by Crippen LogP contribution is -2.44. The van der Waals surface area contributed by atoms with Gasteiger partial charge in [-0.2, -0.15) is 0 Å². The van der Waals surface area contributed by atoms with Crippen molar-refractivity contribution in [2.45, 2.75) is 46.7 Å². The van der Waals surface area contributed by atoms with E-state index in [1.807, 2.05) is 13.0 Å². The molecule has 0 aromatic heterocycles. The second-order valence-electron chi connectivity index (χ2n) is 6.46. The van der Waals surface area contributed by atoms with Gasteiger partial charge in [0.2, 0.25) is 0 Å². The van der Waals surface area contributed by atoms with E-state index in [1.165, 1.54) is 6.07 Å². The van der Waals surface area contributed by atoms with Crippen LogP contribution in [0.15, 0.2) is 18.2 Å². The van der Waals surface area contributed by atoms with Crippen LogP contribution in [-0.4, -0.2) is 24.5 Å². The molecule has 19 heavy (non-hydrogen) atoms. The third-order valence-electron chi connectivity index (χ3n) is 4.17. The van der Waals surface area contributed by atoms with Crippen molar-refractivity contribution in [2.75, 3.05) is 13.6 Å². The van der Waals surface area contributed by atoms with Crippen molar-refractivity contribution < 1.29 is 4.39 Å². The van der Waals surface area contributed by atoms with Crippen LogP contribution >= 0.6 is 0 Å². The molecule has 3 heteroatoms. The Labute approximate surface area is 116 Å². The van der Waals surface area contributed by atoms with E-state index >= 15 is 0 Å². The molecule has 0 amide bonds. The monoisotopic (exact) mass is 266 g/mol. The number of halogens is 1. The van der Waals surface area contributed by atoms with Gasteiger partial charge >= 0.3 is 0 Å². The summed E-state index contributed by atoms with van der Waals surface area (Å²) in [5.74, 6) is -0.191. The summed E-state index contributed by atoms with van der Waals surface area (Å²) in [6.07, 6.45) is 0. The number of hydrogen-bond donors (Lipinski definition) is 1. The van der Waals surface area contributed by atoms with Crippen LogP contribution in [0, 0.1) is 18.2 Å². The second kappa shape index (κ2) is 6.02. The molecule has 2 nitrogen and oxygen atoms in total. The fourth-order valence-electron chi connectivity index (χ4n) is 2.41. The Morgan fingerprint density at radius 1 is 1.32 bits per heavy atom. The van der Waals surface area contributed by atoms with E-state index in [0.29, 0.717) is 12.6 Å². The summed E-state index contributed by atoms with van der Waals surface area (Å²) in [4.78, 5) is 2.29. The second-order valence-corrected chi connectivity index (χ2v) is 6.46. The van der Waals surface area contributed by atoms with Crippen LogP contribution in [-0.2, 0) is 0 Å². The first-order valence-electron chi connectivity index (χ1n) is 6.86. The zero-order valence-electron chi connectivity index (χ0n) is 13.0. The van der Waals surface area contributed by atoms with E-state index in [9.17, 15) is 4.39 Å². The number of likely N-dealkylation sites (N-methyl/N-ethyl adjacent to an activating group) is 1. The van der Waals surface area contributed by atoms with Gasteiger partial charge in [-0.25, -0.2) is 4.39 Å². The van der Waals surface area contributed by atoms with Crippen LogP contribution in [0.5, 0.6) is 0 Å². The number of rotatable bonds is 4. The van der Waals surface area contributed by atoms with Gasteiger partial charge in [-0.05, 0) is 49.6 Å². The van der Waals surface area contributed by atoms with Crippen LogP contribution in [0.2, 0.25) is 0 Å². The fraction of sp³-hybridized carbons (Fsp3) is 0.625. The zero-order chi connectivity index (χ0) is 14.8. The number of benzene rings is 1. The molecule has 1 rings (SSSR count). The van der Waals surface area contributed by atoms with Gasteiger partial charge in [-0.1, -0.05) is 26.8 Å². The minimum absolute atomic E-state index is 0.120. The highest BCUT2D eigenvalue weighted by Crippen LogP contribution is 2.30. The van der Waals surface area contributed by atoms with Crippen LogP contribution in [0.25, 0.3) is 0 Å². The summed E-state index contributed by atoms with van der Waals surface area (Å²) in [7, 11) is 2.09. The highest BCUT2D eigenvalue weighted by Gasteiger charge is 2.29. The molecule has 0 aliphatic carbocycles. The average Bonchev–Trinajstić information content (AvgIpc) is 2.30. The lowest BCUT2D eigenvalue weighted by atomic mass is 9.85. The molecule has 108 valence electrons. The fourth-order valence-corrected chi connectivity index (χ4v) is 2.41. The molecule has 1 aromatic carbocycles. The molecule has 2 atom stereocenters. The van der Waals surface area contributed by atoms with Gasteiger partial charge in [-0.3, -0.25) is 4.90 Å². The van der Waals surface area contributed by atoms with Gasteiger partial charge in [0, 0.05) is 18.6 Å². The van der Waals surface area contributed by atoms with Crippen molar-refractivity contribution in [1.29, 1.82) is 0 Å². The SMILES string of the molecule is Cc1cc(F)ccc1C(CN)N(C)C(C)C(C)(C)C. The topological polar surface area (TPSA) is 29.3 Å². The van der Waals surface area contributed by atoms with Crippen molar-refractivity contribution in [3.05, 3.63) is 35.1 Å².